The van der Waals surface area contributed by atoms with Crippen molar-refractivity contribution < 1.29 is 0 Å². The van der Waals surface area contributed by atoms with Crippen LogP contribution in [0.1, 0.15) is 38.2 Å². The Hall–Kier alpha value is -0.300. The molecule has 0 aliphatic heterocycles. The lowest BCUT2D eigenvalue weighted by atomic mass is 10.1. The van der Waals surface area contributed by atoms with E-state index >= 15 is 0 Å². The van der Waals surface area contributed by atoms with E-state index in [9.17, 15) is 0 Å². The minimum absolute atomic E-state index is 1.19. The van der Waals surface area contributed by atoms with Crippen molar-refractivity contribution in [3.8, 4) is 0 Å². The largest absolute Gasteiger partial charge is 0.133 e. The van der Waals surface area contributed by atoms with Gasteiger partial charge >= 0.3 is 0 Å². The molecule has 60 valence electrons. The lowest BCUT2D eigenvalue weighted by Crippen LogP contribution is -1.81. The number of unbranched alkanes of at least 4 members (excludes halogenated alkanes) is 3. The molecule has 0 saturated heterocycles. The second-order valence-electron chi connectivity index (χ2n) is 2.80. The van der Waals surface area contributed by atoms with Crippen LogP contribution in [0, 0.1) is 10.8 Å². The Morgan fingerprint density at radius 2 is 2.27 bits per heavy atom. The Labute approximate surface area is 73.3 Å². The zero-order valence-electron chi connectivity index (χ0n) is 7.02. The van der Waals surface area contributed by atoms with Crippen molar-refractivity contribution in [1.29, 1.82) is 0 Å². The molecule has 0 spiro atoms. The average Bonchev–Trinajstić information content (AvgIpc) is 2.50. The first-order chi connectivity index (χ1) is 5.43. The summed E-state index contributed by atoms with van der Waals surface area (Å²) in [6.07, 6.45) is 6.56. The summed E-state index contributed by atoms with van der Waals surface area (Å²) >= 11 is 1.55. The maximum absolute atomic E-state index is 3.20. The maximum atomic E-state index is 3.20. The van der Waals surface area contributed by atoms with Crippen molar-refractivity contribution in [1.82, 2.24) is 0 Å². The van der Waals surface area contributed by atoms with Crippen LogP contribution < -0.4 is 0 Å². The van der Waals surface area contributed by atoms with Crippen molar-refractivity contribution >= 4 is 11.3 Å². The molecule has 0 aliphatic rings. The second-order valence-corrected chi connectivity index (χ2v) is 3.45. The average molecular weight is 166 g/mol. The molecule has 0 aliphatic carbocycles. The van der Waals surface area contributed by atoms with E-state index in [0.29, 0.717) is 0 Å². The first kappa shape index (κ1) is 8.79. The standard InChI is InChI=1S/C10H14S/c1-2-3-4-5-6-10-7-8-11-9-10/h7H,2-6H2,1H3. The molecule has 0 bridgehead atoms. The van der Waals surface area contributed by atoms with Gasteiger partial charge in [0.15, 0.2) is 0 Å². The van der Waals surface area contributed by atoms with Gasteiger partial charge in [0.25, 0.3) is 0 Å². The van der Waals surface area contributed by atoms with Crippen LogP contribution in [0.2, 0.25) is 0 Å². The van der Waals surface area contributed by atoms with Crippen LogP contribution in [0.5, 0.6) is 0 Å². The summed E-state index contributed by atoms with van der Waals surface area (Å²) in [7, 11) is 0. The predicted octanol–water partition coefficient (Wildman–Crippen LogP) is 3.47. The Morgan fingerprint density at radius 1 is 1.36 bits per heavy atom. The zero-order valence-corrected chi connectivity index (χ0v) is 7.84. The van der Waals surface area contributed by atoms with Crippen LogP contribution >= 0.6 is 11.3 Å². The van der Waals surface area contributed by atoms with Crippen LogP contribution in [0.25, 0.3) is 0 Å². The molecule has 0 atom stereocenters. The van der Waals surface area contributed by atoms with Crippen molar-refractivity contribution in [3.63, 3.8) is 0 Å². The smallest absolute Gasteiger partial charge is 0.0484 e. The van der Waals surface area contributed by atoms with Gasteiger partial charge in [-0.05, 0) is 24.5 Å². The van der Waals surface area contributed by atoms with Gasteiger partial charge in [-0.15, -0.1) is 11.3 Å². The molecule has 0 aromatic carbocycles. The molecule has 0 saturated carbocycles. The molecule has 11 heavy (non-hydrogen) atoms. The zero-order chi connectivity index (χ0) is 7.94. The van der Waals surface area contributed by atoms with E-state index in [1.54, 1.807) is 11.3 Å². The summed E-state index contributed by atoms with van der Waals surface area (Å²) in [6.45, 7) is 2.24. The lowest BCUT2D eigenvalue weighted by molar-refractivity contribution is 0.667. The number of hydrogen-bond acceptors (Lipinski definition) is 1. The highest BCUT2D eigenvalue weighted by Crippen LogP contribution is 2.09. The number of thiophene rings is 1. The van der Waals surface area contributed by atoms with Crippen LogP contribution in [0.3, 0.4) is 0 Å². The van der Waals surface area contributed by atoms with Gasteiger partial charge in [-0.25, -0.2) is 0 Å². The molecule has 0 fully saturated rings. The first-order valence-corrected chi connectivity index (χ1v) is 5.11. The molecule has 0 N–H and O–H groups in total. The van der Waals surface area contributed by atoms with E-state index in [-0.39, 0.29) is 0 Å². The highest BCUT2D eigenvalue weighted by Gasteiger charge is 1.92. The summed E-state index contributed by atoms with van der Waals surface area (Å²) in [6, 6.07) is 2.05. The highest BCUT2D eigenvalue weighted by molar-refractivity contribution is 7.06. The lowest BCUT2D eigenvalue weighted by Gasteiger charge is -1.95. The SMILES string of the molecule is CCCCCCc1[c]s[c]c1. The highest BCUT2D eigenvalue weighted by atomic mass is 32.1. The summed E-state index contributed by atoms with van der Waals surface area (Å²) < 4.78 is 0. The molecule has 0 amide bonds. The van der Waals surface area contributed by atoms with Gasteiger partial charge in [-0.3, -0.25) is 0 Å². The van der Waals surface area contributed by atoms with Crippen molar-refractivity contribution in [2.75, 3.05) is 0 Å². The third-order valence-corrected chi connectivity index (χ3v) is 2.37. The first-order valence-electron chi connectivity index (χ1n) is 4.30. The van der Waals surface area contributed by atoms with E-state index < -0.39 is 0 Å². The number of aryl methyl sites for hydroxylation is 1. The summed E-state index contributed by atoms with van der Waals surface area (Å²) in [4.78, 5) is 0. The maximum Gasteiger partial charge on any atom is 0.0484 e. The van der Waals surface area contributed by atoms with Crippen molar-refractivity contribution in [2.24, 2.45) is 0 Å². The van der Waals surface area contributed by atoms with Crippen LogP contribution in [0.4, 0.5) is 0 Å². The Morgan fingerprint density at radius 3 is 2.91 bits per heavy atom. The molecule has 1 aromatic rings. The number of hydrogen-bond donors (Lipinski definition) is 0. The van der Waals surface area contributed by atoms with Gasteiger partial charge in [0.2, 0.25) is 0 Å². The Bertz CT molecular complexity index is 165. The van der Waals surface area contributed by atoms with Crippen LogP contribution in [-0.4, -0.2) is 0 Å². The van der Waals surface area contributed by atoms with E-state index in [0.717, 1.165) is 0 Å². The van der Waals surface area contributed by atoms with Gasteiger partial charge in [0.05, 0.1) is 0 Å². The summed E-state index contributed by atoms with van der Waals surface area (Å²) in [5.74, 6) is 0. The monoisotopic (exact) mass is 166 g/mol. The molecule has 0 unspecified atom stereocenters. The quantitative estimate of drug-likeness (QED) is 0.587. The van der Waals surface area contributed by atoms with E-state index in [1.807, 2.05) is 0 Å². The van der Waals surface area contributed by atoms with Crippen molar-refractivity contribution in [2.45, 2.75) is 39.0 Å². The predicted molar refractivity (Wildman–Crippen MR) is 49.8 cm³/mol. The van der Waals surface area contributed by atoms with E-state index in [4.69, 9.17) is 0 Å². The summed E-state index contributed by atoms with van der Waals surface area (Å²) in [5.41, 5.74) is 1.34. The molecule has 2 radical (unpaired) electrons. The van der Waals surface area contributed by atoms with Gasteiger partial charge in [0.1, 0.15) is 0 Å². The van der Waals surface area contributed by atoms with E-state index in [2.05, 4.69) is 23.8 Å². The molecule has 1 rings (SSSR count). The topological polar surface area (TPSA) is 0 Å². The van der Waals surface area contributed by atoms with Crippen molar-refractivity contribution in [3.05, 3.63) is 22.4 Å². The number of rotatable bonds is 5. The summed E-state index contributed by atoms with van der Waals surface area (Å²) in [5, 5.41) is 6.26. The van der Waals surface area contributed by atoms with Gasteiger partial charge in [-0.2, -0.15) is 0 Å². The molecular weight excluding hydrogens is 152 g/mol. The third-order valence-electron chi connectivity index (χ3n) is 1.77. The fraction of sp³-hybridized carbons (Fsp3) is 0.600. The normalized spacial score (nSPS) is 10.3. The molecule has 1 heteroatoms. The Balaban J connectivity index is 2.04. The molecule has 1 aromatic heterocycles. The third kappa shape index (κ3) is 3.57. The van der Waals surface area contributed by atoms with Gasteiger partial charge in [0, 0.05) is 10.8 Å². The van der Waals surface area contributed by atoms with Crippen LogP contribution in [-0.2, 0) is 6.42 Å². The fourth-order valence-electron chi connectivity index (χ4n) is 1.09. The fourth-order valence-corrected chi connectivity index (χ4v) is 1.64. The molecular formula is C10H14S. The van der Waals surface area contributed by atoms with Crippen LogP contribution in [0.15, 0.2) is 6.07 Å². The minimum atomic E-state index is 1.19. The van der Waals surface area contributed by atoms with Gasteiger partial charge < -0.3 is 0 Å². The molecule has 1 heterocycles. The Kier molecular flexibility index (Phi) is 4.29. The van der Waals surface area contributed by atoms with Gasteiger partial charge in [-0.1, -0.05) is 26.2 Å². The second kappa shape index (κ2) is 5.36. The minimum Gasteiger partial charge on any atom is -0.133 e. The molecule has 0 nitrogen and oxygen atoms in total. The van der Waals surface area contributed by atoms with E-state index in [1.165, 1.54) is 37.7 Å².